The number of nitrogens with one attached hydrogen (secondary N) is 2. The summed E-state index contributed by atoms with van der Waals surface area (Å²) in [5.41, 5.74) is 1.47. The molecule has 2 amide bonds. The van der Waals surface area contributed by atoms with Gasteiger partial charge in [0.2, 0.25) is 5.91 Å². The Kier molecular flexibility index (Phi) is 8.38. The van der Waals surface area contributed by atoms with Gasteiger partial charge in [-0.1, -0.05) is 30.5 Å². The average molecular weight is 415 g/mol. The second-order valence-electron chi connectivity index (χ2n) is 6.02. The van der Waals surface area contributed by atoms with Crippen molar-refractivity contribution in [2.45, 2.75) is 20.3 Å². The van der Waals surface area contributed by atoms with Gasteiger partial charge >= 0.3 is 0 Å². The molecule has 152 valence electrons. The Hall–Kier alpha value is -3.17. The van der Waals surface area contributed by atoms with E-state index in [2.05, 4.69) is 16.6 Å². The van der Waals surface area contributed by atoms with E-state index in [-0.39, 0.29) is 23.0 Å². The van der Waals surface area contributed by atoms with Crippen molar-refractivity contribution in [2.24, 2.45) is 0 Å². The van der Waals surface area contributed by atoms with Crippen molar-refractivity contribution in [1.29, 1.82) is 0 Å². The molecular weight excluding hydrogens is 392 g/mol. The minimum Gasteiger partial charge on any atom is -0.490 e. The van der Waals surface area contributed by atoms with Crippen LogP contribution in [0.4, 0.5) is 5.69 Å². The van der Waals surface area contributed by atoms with Gasteiger partial charge in [0.05, 0.1) is 24.8 Å². The maximum atomic E-state index is 12.5. The standard InChI is InChI=1S/C22H23ClN2O4/c1-4-10-29-21-18(23)12-16(13-19(21)28-6-3)22(27)24-14-20(26)25-17-9-7-8-15(5-2)11-17/h2,7-9,11-13H,4,6,10,14H2,1,3H3,(H,24,27)(H,25,26). The molecule has 0 radical (unpaired) electrons. The monoisotopic (exact) mass is 414 g/mol. The van der Waals surface area contributed by atoms with Crippen molar-refractivity contribution in [1.82, 2.24) is 5.32 Å². The first-order valence-electron chi connectivity index (χ1n) is 9.22. The van der Waals surface area contributed by atoms with E-state index in [1.54, 1.807) is 30.3 Å². The molecule has 2 aromatic carbocycles. The summed E-state index contributed by atoms with van der Waals surface area (Å²) >= 11 is 6.27. The van der Waals surface area contributed by atoms with Gasteiger partial charge in [0, 0.05) is 16.8 Å². The van der Waals surface area contributed by atoms with Gasteiger partial charge in [-0.15, -0.1) is 6.42 Å². The molecule has 29 heavy (non-hydrogen) atoms. The van der Waals surface area contributed by atoms with Crippen LogP contribution in [0.15, 0.2) is 36.4 Å². The van der Waals surface area contributed by atoms with Crippen LogP contribution in [0.3, 0.4) is 0 Å². The maximum Gasteiger partial charge on any atom is 0.251 e. The number of benzene rings is 2. The molecule has 0 spiro atoms. The van der Waals surface area contributed by atoms with Crippen LogP contribution in [0.25, 0.3) is 0 Å². The zero-order valence-electron chi connectivity index (χ0n) is 16.4. The zero-order valence-corrected chi connectivity index (χ0v) is 17.1. The van der Waals surface area contributed by atoms with Crippen molar-refractivity contribution < 1.29 is 19.1 Å². The largest absolute Gasteiger partial charge is 0.490 e. The lowest BCUT2D eigenvalue weighted by Crippen LogP contribution is -2.32. The minimum absolute atomic E-state index is 0.214. The lowest BCUT2D eigenvalue weighted by Gasteiger charge is -2.15. The Morgan fingerprint density at radius 1 is 1.17 bits per heavy atom. The van der Waals surface area contributed by atoms with Crippen molar-refractivity contribution in [2.75, 3.05) is 25.1 Å². The summed E-state index contributed by atoms with van der Waals surface area (Å²) in [6.07, 6.45) is 6.15. The van der Waals surface area contributed by atoms with Crippen LogP contribution in [0, 0.1) is 12.3 Å². The molecule has 0 aliphatic carbocycles. The van der Waals surface area contributed by atoms with Crippen LogP contribution >= 0.6 is 11.6 Å². The highest BCUT2D eigenvalue weighted by Crippen LogP contribution is 2.36. The number of halogens is 1. The van der Waals surface area contributed by atoms with Crippen LogP contribution in [0.2, 0.25) is 5.02 Å². The van der Waals surface area contributed by atoms with Crippen molar-refractivity contribution >= 4 is 29.1 Å². The summed E-state index contributed by atoms with van der Waals surface area (Å²) in [7, 11) is 0. The van der Waals surface area contributed by atoms with Gasteiger partial charge in [-0.25, -0.2) is 0 Å². The van der Waals surface area contributed by atoms with E-state index < -0.39 is 5.91 Å². The lowest BCUT2D eigenvalue weighted by atomic mass is 10.2. The molecule has 0 bridgehead atoms. The average Bonchev–Trinajstić information content (AvgIpc) is 2.71. The molecule has 0 heterocycles. The van der Waals surface area contributed by atoms with E-state index in [1.165, 1.54) is 6.07 Å². The number of terminal acetylenes is 1. The van der Waals surface area contributed by atoms with Gasteiger partial charge in [0.1, 0.15) is 0 Å². The zero-order chi connectivity index (χ0) is 21.2. The summed E-state index contributed by atoms with van der Waals surface area (Å²) in [6, 6.07) is 9.91. The molecule has 6 nitrogen and oxygen atoms in total. The second-order valence-corrected chi connectivity index (χ2v) is 6.43. The quantitative estimate of drug-likeness (QED) is 0.610. The summed E-state index contributed by atoms with van der Waals surface area (Å²) in [5.74, 6) is 2.44. The molecule has 0 aromatic heterocycles. The number of ether oxygens (including phenoxy) is 2. The normalized spacial score (nSPS) is 10.0. The van der Waals surface area contributed by atoms with Crippen molar-refractivity contribution in [3.63, 3.8) is 0 Å². The number of amides is 2. The van der Waals surface area contributed by atoms with Crippen LogP contribution in [0.5, 0.6) is 11.5 Å². The minimum atomic E-state index is -0.456. The molecule has 7 heteroatoms. The van der Waals surface area contributed by atoms with Gasteiger partial charge < -0.3 is 20.1 Å². The lowest BCUT2D eigenvalue weighted by molar-refractivity contribution is -0.115. The number of carbonyl (C=O) groups excluding carboxylic acids is 2. The maximum absolute atomic E-state index is 12.5. The summed E-state index contributed by atoms with van der Waals surface area (Å²) < 4.78 is 11.2. The number of rotatable bonds is 9. The van der Waals surface area contributed by atoms with Crippen molar-refractivity contribution in [3.8, 4) is 23.8 Å². The van der Waals surface area contributed by atoms with Crippen LogP contribution < -0.4 is 20.1 Å². The number of anilines is 1. The van der Waals surface area contributed by atoms with Gasteiger partial charge in [0.25, 0.3) is 5.91 Å². The molecule has 2 N–H and O–H groups in total. The first-order chi connectivity index (χ1) is 14.0. The Bertz CT molecular complexity index is 922. The summed E-state index contributed by atoms with van der Waals surface area (Å²) in [5, 5.41) is 5.51. The van der Waals surface area contributed by atoms with E-state index in [0.717, 1.165) is 6.42 Å². The van der Waals surface area contributed by atoms with Crippen molar-refractivity contribution in [3.05, 3.63) is 52.5 Å². The topological polar surface area (TPSA) is 76.7 Å². The highest BCUT2D eigenvalue weighted by atomic mass is 35.5. The molecule has 0 unspecified atom stereocenters. The van der Waals surface area contributed by atoms with E-state index >= 15 is 0 Å². The van der Waals surface area contributed by atoms with Gasteiger partial charge in [-0.2, -0.15) is 0 Å². The molecular formula is C22H23ClN2O4. The predicted octanol–water partition coefficient (Wildman–Crippen LogP) is 3.88. The fourth-order valence-electron chi connectivity index (χ4n) is 2.46. The Morgan fingerprint density at radius 3 is 2.66 bits per heavy atom. The summed E-state index contributed by atoms with van der Waals surface area (Å²) in [6.45, 7) is 4.46. The fraction of sp³-hybridized carbons (Fsp3) is 0.273. The molecule has 0 saturated carbocycles. The predicted molar refractivity (Wildman–Crippen MR) is 114 cm³/mol. The van der Waals surface area contributed by atoms with E-state index in [1.807, 2.05) is 13.8 Å². The molecule has 0 aliphatic rings. The third-order valence-electron chi connectivity index (χ3n) is 3.74. The fourth-order valence-corrected chi connectivity index (χ4v) is 2.73. The number of carbonyl (C=O) groups is 2. The van der Waals surface area contributed by atoms with Gasteiger partial charge in [0.15, 0.2) is 11.5 Å². The van der Waals surface area contributed by atoms with Crippen LogP contribution in [0.1, 0.15) is 36.2 Å². The van der Waals surface area contributed by atoms with E-state index in [9.17, 15) is 9.59 Å². The second kappa shape index (κ2) is 11.0. The van der Waals surface area contributed by atoms with E-state index in [4.69, 9.17) is 27.5 Å². The van der Waals surface area contributed by atoms with Gasteiger partial charge in [-0.05, 0) is 43.7 Å². The Labute approximate surface area is 175 Å². The molecule has 0 atom stereocenters. The first-order valence-corrected chi connectivity index (χ1v) is 9.60. The Balaban J connectivity index is 2.04. The summed E-state index contributed by atoms with van der Waals surface area (Å²) in [4.78, 5) is 24.6. The van der Waals surface area contributed by atoms with Gasteiger partial charge in [-0.3, -0.25) is 9.59 Å². The molecule has 2 aromatic rings. The first kappa shape index (κ1) is 22.1. The number of hydrogen-bond donors (Lipinski definition) is 2. The molecule has 0 aliphatic heterocycles. The third kappa shape index (κ3) is 6.44. The number of hydrogen-bond acceptors (Lipinski definition) is 4. The van der Waals surface area contributed by atoms with Crippen LogP contribution in [-0.2, 0) is 4.79 Å². The SMILES string of the molecule is C#Cc1cccc(NC(=O)CNC(=O)c2cc(Cl)c(OCCC)c(OCC)c2)c1. The molecule has 2 rings (SSSR count). The third-order valence-corrected chi connectivity index (χ3v) is 4.03. The molecule has 0 fully saturated rings. The Morgan fingerprint density at radius 2 is 1.97 bits per heavy atom. The van der Waals surface area contributed by atoms with Crippen LogP contribution in [-0.4, -0.2) is 31.6 Å². The molecule has 0 saturated heterocycles. The smallest absolute Gasteiger partial charge is 0.251 e. The van der Waals surface area contributed by atoms with E-state index in [0.29, 0.717) is 36.0 Å². The highest BCUT2D eigenvalue weighted by Gasteiger charge is 2.17. The highest BCUT2D eigenvalue weighted by molar-refractivity contribution is 6.32.